The average molecular weight is 690 g/mol. The van der Waals surface area contributed by atoms with E-state index in [9.17, 15) is 0 Å². The predicted molar refractivity (Wildman–Crippen MR) is 228 cm³/mol. The Balaban J connectivity index is 1.18. The SMILES string of the molecule is c1ccc(-c2ccc(N(c3ccc(-c4ccccc4)cc3)c3ccc4oc5ccccc5c4c3-c3ccc(-c4cccc5ccccc45)cc3)cc2)cc1. The molecule has 254 valence electrons. The molecule has 0 spiro atoms. The Labute approximate surface area is 314 Å². The van der Waals surface area contributed by atoms with Crippen LogP contribution < -0.4 is 4.90 Å². The maximum absolute atomic E-state index is 6.51. The molecule has 0 atom stereocenters. The Morgan fingerprint density at radius 2 is 0.815 bits per heavy atom. The van der Waals surface area contributed by atoms with Crippen molar-refractivity contribution in [1.29, 1.82) is 0 Å². The van der Waals surface area contributed by atoms with Crippen molar-refractivity contribution in [2.24, 2.45) is 0 Å². The summed E-state index contributed by atoms with van der Waals surface area (Å²) in [5.74, 6) is 0. The van der Waals surface area contributed by atoms with Crippen molar-refractivity contribution in [2.45, 2.75) is 0 Å². The summed E-state index contributed by atoms with van der Waals surface area (Å²) in [5.41, 5.74) is 14.4. The zero-order valence-electron chi connectivity index (χ0n) is 29.6. The lowest BCUT2D eigenvalue weighted by molar-refractivity contribution is 0.669. The molecule has 2 nitrogen and oxygen atoms in total. The molecule has 0 amide bonds. The minimum Gasteiger partial charge on any atom is -0.456 e. The van der Waals surface area contributed by atoms with Crippen molar-refractivity contribution in [1.82, 2.24) is 0 Å². The highest BCUT2D eigenvalue weighted by molar-refractivity contribution is 6.16. The standard InChI is InChI=1S/C52H35NO/c1-3-12-36(13-4-1)38-26-30-43(31-27-38)53(44-32-28-39(29-33-44)37-14-5-2-6-15-37)48-34-35-50-52(47-19-9-10-21-49(47)54-50)51(48)42-24-22-41(23-25-42)46-20-11-17-40-16-7-8-18-45(40)46/h1-35H. The van der Waals surface area contributed by atoms with E-state index in [0.717, 1.165) is 50.1 Å². The van der Waals surface area contributed by atoms with Crippen molar-refractivity contribution < 1.29 is 4.42 Å². The van der Waals surface area contributed by atoms with Gasteiger partial charge >= 0.3 is 0 Å². The van der Waals surface area contributed by atoms with Crippen LogP contribution in [0.4, 0.5) is 17.1 Å². The Hall–Kier alpha value is -7.16. The molecule has 0 unspecified atom stereocenters. The van der Waals surface area contributed by atoms with E-state index >= 15 is 0 Å². The Bertz CT molecular complexity index is 2800. The first-order valence-electron chi connectivity index (χ1n) is 18.4. The molecule has 0 radical (unpaired) electrons. The van der Waals surface area contributed by atoms with Gasteiger partial charge in [0, 0.05) is 27.7 Å². The van der Waals surface area contributed by atoms with Crippen molar-refractivity contribution >= 4 is 49.8 Å². The van der Waals surface area contributed by atoms with Crippen LogP contribution in [-0.4, -0.2) is 0 Å². The molecule has 0 bridgehead atoms. The topological polar surface area (TPSA) is 16.4 Å². The third-order valence-electron chi connectivity index (χ3n) is 10.5. The fraction of sp³-hybridized carbons (Fsp3) is 0. The number of anilines is 3. The van der Waals surface area contributed by atoms with Crippen LogP contribution in [0.15, 0.2) is 217 Å². The lowest BCUT2D eigenvalue weighted by atomic mass is 9.93. The maximum atomic E-state index is 6.51. The lowest BCUT2D eigenvalue weighted by Crippen LogP contribution is -2.11. The molecule has 0 saturated heterocycles. The highest BCUT2D eigenvalue weighted by Gasteiger charge is 2.23. The number of nitrogens with zero attached hydrogens (tertiary/aromatic N) is 1. The normalized spacial score (nSPS) is 11.3. The molecule has 10 aromatic rings. The van der Waals surface area contributed by atoms with Gasteiger partial charge in [0.1, 0.15) is 11.2 Å². The highest BCUT2D eigenvalue weighted by Crippen LogP contribution is 2.48. The fourth-order valence-electron chi connectivity index (χ4n) is 7.87. The van der Waals surface area contributed by atoms with Crippen LogP contribution in [0, 0.1) is 0 Å². The molecule has 2 heteroatoms. The quantitative estimate of drug-likeness (QED) is 0.166. The third kappa shape index (κ3) is 5.62. The second-order valence-electron chi connectivity index (χ2n) is 13.7. The van der Waals surface area contributed by atoms with Gasteiger partial charge in [-0.15, -0.1) is 0 Å². The molecule has 10 rings (SSSR count). The van der Waals surface area contributed by atoms with Crippen LogP contribution in [0.2, 0.25) is 0 Å². The molecule has 0 saturated carbocycles. The number of furan rings is 1. The van der Waals surface area contributed by atoms with Crippen LogP contribution in [-0.2, 0) is 0 Å². The zero-order valence-corrected chi connectivity index (χ0v) is 29.6. The predicted octanol–water partition coefficient (Wildman–Crippen LogP) is 14.9. The second-order valence-corrected chi connectivity index (χ2v) is 13.7. The summed E-state index contributed by atoms with van der Waals surface area (Å²) in [4.78, 5) is 2.39. The molecular formula is C52H35NO. The summed E-state index contributed by atoms with van der Waals surface area (Å²) in [5, 5.41) is 4.69. The molecule has 0 aliphatic heterocycles. The fourth-order valence-corrected chi connectivity index (χ4v) is 7.87. The monoisotopic (exact) mass is 689 g/mol. The van der Waals surface area contributed by atoms with E-state index in [-0.39, 0.29) is 0 Å². The molecule has 1 aromatic heterocycles. The summed E-state index contributed by atoms with van der Waals surface area (Å²) in [6.45, 7) is 0. The van der Waals surface area contributed by atoms with Crippen LogP contribution in [0.3, 0.4) is 0 Å². The van der Waals surface area contributed by atoms with Crippen molar-refractivity contribution in [3.05, 3.63) is 212 Å². The summed E-state index contributed by atoms with van der Waals surface area (Å²) < 4.78 is 6.51. The van der Waals surface area contributed by atoms with E-state index in [1.165, 1.54) is 44.2 Å². The molecule has 54 heavy (non-hydrogen) atoms. The molecule has 0 N–H and O–H groups in total. The lowest BCUT2D eigenvalue weighted by Gasteiger charge is -2.29. The van der Waals surface area contributed by atoms with E-state index in [4.69, 9.17) is 4.42 Å². The smallest absolute Gasteiger partial charge is 0.136 e. The largest absolute Gasteiger partial charge is 0.456 e. The van der Waals surface area contributed by atoms with Crippen molar-refractivity contribution in [2.75, 3.05) is 4.90 Å². The van der Waals surface area contributed by atoms with E-state index in [1.807, 2.05) is 6.07 Å². The van der Waals surface area contributed by atoms with Crippen molar-refractivity contribution in [3.8, 4) is 44.5 Å². The molecular weight excluding hydrogens is 655 g/mol. The Kier molecular flexibility index (Phi) is 7.85. The van der Waals surface area contributed by atoms with Gasteiger partial charge in [0.15, 0.2) is 0 Å². The van der Waals surface area contributed by atoms with Gasteiger partial charge < -0.3 is 9.32 Å². The number of para-hydroxylation sites is 1. The molecule has 0 fully saturated rings. The van der Waals surface area contributed by atoms with E-state index in [0.29, 0.717) is 0 Å². The molecule has 0 aliphatic rings. The van der Waals surface area contributed by atoms with Gasteiger partial charge in [-0.2, -0.15) is 0 Å². The van der Waals surface area contributed by atoms with Gasteiger partial charge in [-0.3, -0.25) is 0 Å². The van der Waals surface area contributed by atoms with Gasteiger partial charge in [-0.05, 0) is 92.2 Å². The van der Waals surface area contributed by atoms with Gasteiger partial charge in [-0.25, -0.2) is 0 Å². The summed E-state index contributed by atoms with van der Waals surface area (Å²) >= 11 is 0. The number of hydrogen-bond donors (Lipinski definition) is 0. The van der Waals surface area contributed by atoms with Gasteiger partial charge in [-0.1, -0.05) is 170 Å². The maximum Gasteiger partial charge on any atom is 0.136 e. The van der Waals surface area contributed by atoms with Crippen LogP contribution >= 0.6 is 0 Å². The van der Waals surface area contributed by atoms with E-state index in [2.05, 4.69) is 211 Å². The number of hydrogen-bond acceptors (Lipinski definition) is 2. The minimum absolute atomic E-state index is 0.867. The number of fused-ring (bicyclic) bond motifs is 4. The van der Waals surface area contributed by atoms with Gasteiger partial charge in [0.05, 0.1) is 5.69 Å². The zero-order chi connectivity index (χ0) is 35.8. The van der Waals surface area contributed by atoms with Gasteiger partial charge in [0.25, 0.3) is 0 Å². The number of benzene rings is 9. The van der Waals surface area contributed by atoms with Crippen molar-refractivity contribution in [3.63, 3.8) is 0 Å². The van der Waals surface area contributed by atoms with Crippen LogP contribution in [0.25, 0.3) is 77.2 Å². The first-order valence-corrected chi connectivity index (χ1v) is 18.4. The number of rotatable bonds is 7. The first-order chi connectivity index (χ1) is 26.8. The summed E-state index contributed by atoms with van der Waals surface area (Å²) in [7, 11) is 0. The molecule has 9 aromatic carbocycles. The third-order valence-corrected chi connectivity index (χ3v) is 10.5. The van der Waals surface area contributed by atoms with E-state index < -0.39 is 0 Å². The molecule has 0 aliphatic carbocycles. The van der Waals surface area contributed by atoms with Gasteiger partial charge in [0.2, 0.25) is 0 Å². The second kappa shape index (κ2) is 13.4. The molecule has 1 heterocycles. The van der Waals surface area contributed by atoms with E-state index in [1.54, 1.807) is 0 Å². The summed E-state index contributed by atoms with van der Waals surface area (Å²) in [6.07, 6.45) is 0. The Morgan fingerprint density at radius 3 is 1.46 bits per heavy atom. The first kappa shape index (κ1) is 31.6. The minimum atomic E-state index is 0.867. The average Bonchev–Trinajstić information content (AvgIpc) is 3.64. The van der Waals surface area contributed by atoms with Crippen LogP contribution in [0.5, 0.6) is 0 Å². The summed E-state index contributed by atoms with van der Waals surface area (Å²) in [6, 6.07) is 75.9. The Morgan fingerprint density at radius 1 is 0.315 bits per heavy atom. The highest BCUT2D eigenvalue weighted by atomic mass is 16.3. The van der Waals surface area contributed by atoms with Crippen LogP contribution in [0.1, 0.15) is 0 Å².